The number of sulfone groups is 1. The summed E-state index contributed by atoms with van der Waals surface area (Å²) in [5.74, 6) is -6.74. The molecule has 0 aromatic heterocycles. The van der Waals surface area contributed by atoms with Crippen LogP contribution in [0.5, 0.6) is 0 Å². The molecule has 0 spiro atoms. The predicted molar refractivity (Wildman–Crippen MR) is 65.0 cm³/mol. The number of rotatable bonds is 3. The quantitative estimate of drug-likeness (QED) is 0.600. The number of hydrogen-bond acceptors (Lipinski definition) is 2. The number of benzene rings is 1. The summed E-state index contributed by atoms with van der Waals surface area (Å²) in [5, 5.41) is -6.36. The zero-order valence-electron chi connectivity index (χ0n) is 9.36. The van der Waals surface area contributed by atoms with E-state index >= 15 is 0 Å². The lowest BCUT2D eigenvalue weighted by atomic mass is 10.3. The molecule has 0 amide bonds. The molecule has 0 saturated heterocycles. The number of alkyl halides is 7. The second kappa shape index (κ2) is 5.37. The molecule has 0 aliphatic carbocycles. The maximum Gasteiger partial charge on any atom is 0.461 e. The van der Waals surface area contributed by atoms with Gasteiger partial charge < -0.3 is 0 Å². The van der Waals surface area contributed by atoms with Crippen LogP contribution in [-0.4, -0.2) is 25.8 Å². The van der Waals surface area contributed by atoms with Crippen LogP contribution in [0, 0.1) is 0 Å². The van der Waals surface area contributed by atoms with E-state index in [1.54, 1.807) is 0 Å². The van der Waals surface area contributed by atoms with Crippen molar-refractivity contribution in [2.45, 2.75) is 22.2 Å². The lowest BCUT2D eigenvalue weighted by molar-refractivity contribution is -0.332. The lowest BCUT2D eigenvalue weighted by Crippen LogP contribution is -2.55. The second-order valence-corrected chi connectivity index (χ2v) is 7.52. The predicted octanol–water partition coefficient (Wildman–Crippen LogP) is 4.78. The monoisotopic (exact) mass is 466 g/mol. The van der Waals surface area contributed by atoms with E-state index in [9.17, 15) is 39.2 Å². The Balaban J connectivity index is 3.55. The first-order chi connectivity index (χ1) is 9.14. The average Bonchev–Trinajstić information content (AvgIpc) is 2.25. The molecule has 0 radical (unpaired) electrons. The van der Waals surface area contributed by atoms with Crippen molar-refractivity contribution >= 4 is 41.7 Å². The fourth-order valence-electron chi connectivity index (χ4n) is 1.17. The number of halogens is 9. The van der Waals surface area contributed by atoms with Gasteiger partial charge in [0.1, 0.15) is 0 Å². The van der Waals surface area contributed by atoms with Gasteiger partial charge in [-0.15, -0.1) is 0 Å². The Hall–Kier alpha value is -0.360. The van der Waals surface area contributed by atoms with Gasteiger partial charge in [-0.2, -0.15) is 30.7 Å². The second-order valence-electron chi connectivity index (χ2n) is 3.70. The molecule has 0 atom stereocenters. The maximum atomic E-state index is 13.3. The highest BCUT2D eigenvalue weighted by molar-refractivity contribution is 9.11. The SMILES string of the molecule is O=S(=O)(c1cc(Br)cc(Br)c1)C(F)(F)C(F)(F)C(F)(F)F. The number of hydrogen-bond donors (Lipinski definition) is 0. The van der Waals surface area contributed by atoms with E-state index in [4.69, 9.17) is 0 Å². The molecule has 12 heteroatoms. The van der Waals surface area contributed by atoms with Crippen LogP contribution in [0.4, 0.5) is 30.7 Å². The Kier molecular flexibility index (Phi) is 4.78. The summed E-state index contributed by atoms with van der Waals surface area (Å²) in [6.45, 7) is 0. The average molecular weight is 468 g/mol. The highest BCUT2D eigenvalue weighted by Gasteiger charge is 2.78. The minimum absolute atomic E-state index is 0.110. The summed E-state index contributed by atoms with van der Waals surface area (Å²) in [6, 6.07) is 2.15. The zero-order chi connectivity index (χ0) is 16.9. The van der Waals surface area contributed by atoms with Crippen LogP contribution in [0.15, 0.2) is 32.0 Å². The molecular formula is C9H3Br2F7O2S. The zero-order valence-corrected chi connectivity index (χ0v) is 13.3. The molecule has 0 N–H and O–H groups in total. The standard InChI is InChI=1S/C9H3Br2F7O2S/c10-4-1-5(11)3-6(2-4)21(19,20)9(17,18)7(12,13)8(14,15)16/h1-3H. The van der Waals surface area contributed by atoms with Crippen LogP contribution in [0.25, 0.3) is 0 Å². The summed E-state index contributed by atoms with van der Waals surface area (Å²) in [7, 11) is -6.29. The molecule has 0 aliphatic rings. The molecule has 0 saturated carbocycles. The highest BCUT2D eigenvalue weighted by atomic mass is 79.9. The van der Waals surface area contributed by atoms with Crippen LogP contribution >= 0.6 is 31.9 Å². The Bertz CT molecular complexity index is 634. The van der Waals surface area contributed by atoms with Gasteiger partial charge in [0.2, 0.25) is 9.84 Å². The van der Waals surface area contributed by atoms with E-state index < -0.39 is 32.1 Å². The maximum absolute atomic E-state index is 13.3. The summed E-state index contributed by atoms with van der Waals surface area (Å²) in [4.78, 5) is -1.39. The molecule has 0 heterocycles. The summed E-state index contributed by atoms with van der Waals surface area (Å²) in [6.07, 6.45) is -6.73. The minimum atomic E-state index is -6.74. The van der Waals surface area contributed by atoms with Crippen molar-refractivity contribution in [3.05, 3.63) is 27.1 Å². The first-order valence-electron chi connectivity index (χ1n) is 4.67. The molecule has 2 nitrogen and oxygen atoms in total. The van der Waals surface area contributed by atoms with E-state index in [1.807, 2.05) is 0 Å². The van der Waals surface area contributed by atoms with Gasteiger partial charge in [0.05, 0.1) is 4.90 Å². The van der Waals surface area contributed by atoms with E-state index in [1.165, 1.54) is 6.07 Å². The van der Waals surface area contributed by atoms with E-state index in [0.717, 1.165) is 0 Å². The molecule has 0 bridgehead atoms. The fourth-order valence-corrected chi connectivity index (χ4v) is 4.08. The van der Waals surface area contributed by atoms with Crippen molar-refractivity contribution in [2.75, 3.05) is 0 Å². The van der Waals surface area contributed by atoms with Crippen molar-refractivity contribution in [3.8, 4) is 0 Å². The van der Waals surface area contributed by atoms with Gasteiger partial charge in [0, 0.05) is 8.95 Å². The van der Waals surface area contributed by atoms with Crippen LogP contribution in [-0.2, 0) is 9.84 Å². The fraction of sp³-hybridized carbons (Fsp3) is 0.333. The first kappa shape index (κ1) is 18.7. The van der Waals surface area contributed by atoms with Crippen molar-refractivity contribution in [1.82, 2.24) is 0 Å². The van der Waals surface area contributed by atoms with Crippen molar-refractivity contribution in [2.24, 2.45) is 0 Å². The van der Waals surface area contributed by atoms with Crippen molar-refractivity contribution in [1.29, 1.82) is 0 Å². The van der Waals surface area contributed by atoms with E-state index in [-0.39, 0.29) is 8.95 Å². The Morgan fingerprint density at radius 1 is 0.810 bits per heavy atom. The molecule has 0 aliphatic heterocycles. The van der Waals surface area contributed by atoms with Crippen molar-refractivity contribution < 1.29 is 39.2 Å². The third kappa shape index (κ3) is 3.07. The topological polar surface area (TPSA) is 34.1 Å². The van der Waals surface area contributed by atoms with E-state index in [0.29, 0.717) is 12.1 Å². The molecule has 1 rings (SSSR count). The molecule has 0 unspecified atom stereocenters. The largest absolute Gasteiger partial charge is 0.461 e. The van der Waals surface area contributed by atoms with Gasteiger partial charge in [-0.25, -0.2) is 8.42 Å². The van der Waals surface area contributed by atoms with Crippen LogP contribution < -0.4 is 0 Å². The van der Waals surface area contributed by atoms with Gasteiger partial charge in [-0.1, -0.05) is 31.9 Å². The van der Waals surface area contributed by atoms with Crippen LogP contribution in [0.2, 0.25) is 0 Å². The summed E-state index contributed by atoms with van der Waals surface area (Å²) in [5.41, 5.74) is 0. The van der Waals surface area contributed by atoms with Gasteiger partial charge in [0.15, 0.2) is 0 Å². The van der Waals surface area contributed by atoms with Gasteiger partial charge >= 0.3 is 17.4 Å². The van der Waals surface area contributed by atoms with Crippen LogP contribution in [0.1, 0.15) is 0 Å². The van der Waals surface area contributed by atoms with Gasteiger partial charge in [-0.3, -0.25) is 0 Å². The highest BCUT2D eigenvalue weighted by Crippen LogP contribution is 2.51. The lowest BCUT2D eigenvalue weighted by Gasteiger charge is -2.27. The summed E-state index contributed by atoms with van der Waals surface area (Å²) < 4.78 is 111. The van der Waals surface area contributed by atoms with Gasteiger partial charge in [-0.05, 0) is 18.2 Å². The molecule has 1 aromatic rings. The molecule has 120 valence electrons. The third-order valence-corrected chi connectivity index (χ3v) is 4.91. The molecule has 1 aromatic carbocycles. The molecule has 0 fully saturated rings. The summed E-state index contributed by atoms with van der Waals surface area (Å²) >= 11 is 5.43. The minimum Gasteiger partial charge on any atom is -0.217 e. The first-order valence-corrected chi connectivity index (χ1v) is 7.74. The van der Waals surface area contributed by atoms with E-state index in [2.05, 4.69) is 31.9 Å². The van der Waals surface area contributed by atoms with Crippen molar-refractivity contribution in [3.63, 3.8) is 0 Å². The normalized spacial score (nSPS) is 14.3. The molecular weight excluding hydrogens is 465 g/mol. The Morgan fingerprint density at radius 3 is 1.52 bits per heavy atom. The molecule has 21 heavy (non-hydrogen) atoms. The Labute approximate surface area is 130 Å². The van der Waals surface area contributed by atoms with Gasteiger partial charge in [0.25, 0.3) is 0 Å². The smallest absolute Gasteiger partial charge is 0.217 e. The third-order valence-electron chi connectivity index (χ3n) is 2.21. The van der Waals surface area contributed by atoms with Crippen LogP contribution in [0.3, 0.4) is 0 Å². The Morgan fingerprint density at radius 2 is 1.19 bits per heavy atom.